The van der Waals surface area contributed by atoms with Gasteiger partial charge in [0.15, 0.2) is 0 Å². The van der Waals surface area contributed by atoms with Crippen LogP contribution in [0.2, 0.25) is 0 Å². The van der Waals surface area contributed by atoms with Gasteiger partial charge in [0.25, 0.3) is 0 Å². The summed E-state index contributed by atoms with van der Waals surface area (Å²) in [6.07, 6.45) is 2.66. The quantitative estimate of drug-likeness (QED) is 0.395. The van der Waals surface area contributed by atoms with E-state index < -0.39 is 0 Å². The van der Waals surface area contributed by atoms with Crippen molar-refractivity contribution in [2.24, 2.45) is 5.92 Å². The molecule has 0 spiro atoms. The van der Waals surface area contributed by atoms with Crippen molar-refractivity contribution < 1.29 is 0 Å². The van der Waals surface area contributed by atoms with Crippen molar-refractivity contribution in [2.75, 3.05) is 24.6 Å². The minimum absolute atomic E-state index is 0.874. The molecule has 0 unspecified atom stereocenters. The van der Waals surface area contributed by atoms with Gasteiger partial charge in [-0.15, -0.1) is 0 Å². The molecule has 0 aliphatic rings. The molecule has 1 nitrogen and oxygen atoms in total. The fourth-order valence-corrected chi connectivity index (χ4v) is 1.77. The van der Waals surface area contributed by atoms with Crippen molar-refractivity contribution in [3.63, 3.8) is 0 Å². The molecule has 0 aromatic carbocycles. The predicted molar refractivity (Wildman–Crippen MR) is 69.6 cm³/mol. The van der Waals surface area contributed by atoms with Crippen LogP contribution in [0.15, 0.2) is 12.2 Å². The first-order chi connectivity index (χ1) is 6.06. The van der Waals surface area contributed by atoms with Crippen molar-refractivity contribution in [3.8, 4) is 0 Å². The second-order valence-corrected chi connectivity index (χ2v) is 4.98. The van der Waals surface area contributed by atoms with Crippen LogP contribution in [0.25, 0.3) is 0 Å². The topological polar surface area (TPSA) is 3.24 Å². The molecule has 0 saturated heterocycles. The van der Waals surface area contributed by atoms with Crippen LogP contribution < -0.4 is 0 Å². The molecular weight excluding hydrogens is 273 g/mol. The summed E-state index contributed by atoms with van der Waals surface area (Å²) in [5.74, 6) is 0.874. The molecule has 0 fully saturated rings. The Morgan fingerprint density at radius 3 is 2.62 bits per heavy atom. The molecular formula is C11H22IN. The van der Waals surface area contributed by atoms with Crippen LogP contribution in [0.1, 0.15) is 26.7 Å². The van der Waals surface area contributed by atoms with Crippen molar-refractivity contribution in [2.45, 2.75) is 26.7 Å². The molecule has 2 heteroatoms. The maximum Gasteiger partial charge on any atom is 0.0184 e. The standard InChI is InChI=1S/C11H22IN/c1-10(2)9-13(4)7-5-6-11(3)8-12/h11H,1,5-9H2,2-4H3/t11-/m1/s1. The number of hydrogen-bond acceptors (Lipinski definition) is 1. The Hall–Kier alpha value is 0.430. The molecule has 0 amide bonds. The lowest BCUT2D eigenvalue weighted by Gasteiger charge is -2.17. The summed E-state index contributed by atoms with van der Waals surface area (Å²) in [6.45, 7) is 10.6. The van der Waals surface area contributed by atoms with Gasteiger partial charge in [-0.2, -0.15) is 0 Å². The molecule has 0 saturated carbocycles. The van der Waals surface area contributed by atoms with Gasteiger partial charge in [0.05, 0.1) is 0 Å². The summed E-state index contributed by atoms with van der Waals surface area (Å²) in [5.41, 5.74) is 1.25. The van der Waals surface area contributed by atoms with E-state index in [0.717, 1.165) is 12.5 Å². The van der Waals surface area contributed by atoms with E-state index in [9.17, 15) is 0 Å². The fourth-order valence-electron chi connectivity index (χ4n) is 1.33. The molecule has 78 valence electrons. The number of likely N-dealkylation sites (N-methyl/N-ethyl adjacent to an activating group) is 1. The highest BCUT2D eigenvalue weighted by atomic mass is 127. The third kappa shape index (κ3) is 8.75. The largest absolute Gasteiger partial charge is 0.302 e. The Labute approximate surface area is 96.7 Å². The Bertz CT molecular complexity index is 145. The molecule has 0 aliphatic heterocycles. The smallest absolute Gasteiger partial charge is 0.0184 e. The van der Waals surface area contributed by atoms with Gasteiger partial charge in [-0.1, -0.05) is 41.7 Å². The van der Waals surface area contributed by atoms with Gasteiger partial charge in [-0.05, 0) is 39.3 Å². The molecule has 0 radical (unpaired) electrons. The van der Waals surface area contributed by atoms with Crippen LogP contribution in [-0.4, -0.2) is 29.5 Å². The van der Waals surface area contributed by atoms with E-state index >= 15 is 0 Å². The zero-order valence-electron chi connectivity index (χ0n) is 9.15. The molecule has 0 aliphatic carbocycles. The number of hydrogen-bond donors (Lipinski definition) is 0. The summed E-state index contributed by atoms with van der Waals surface area (Å²) in [7, 11) is 2.17. The number of rotatable bonds is 7. The van der Waals surface area contributed by atoms with Gasteiger partial charge in [0.2, 0.25) is 0 Å². The lowest BCUT2D eigenvalue weighted by atomic mass is 10.1. The van der Waals surface area contributed by atoms with Gasteiger partial charge in [-0.25, -0.2) is 0 Å². The van der Waals surface area contributed by atoms with Gasteiger partial charge in [-0.3, -0.25) is 0 Å². The molecule has 13 heavy (non-hydrogen) atoms. The second-order valence-electron chi connectivity index (χ2n) is 4.10. The highest BCUT2D eigenvalue weighted by molar-refractivity contribution is 14.1. The Morgan fingerprint density at radius 2 is 2.15 bits per heavy atom. The molecule has 0 rings (SSSR count). The third-order valence-electron chi connectivity index (χ3n) is 2.04. The summed E-state index contributed by atoms with van der Waals surface area (Å²) in [5, 5.41) is 0. The van der Waals surface area contributed by atoms with Crippen molar-refractivity contribution >= 4 is 22.6 Å². The Kier molecular flexibility index (Phi) is 8.06. The first kappa shape index (κ1) is 13.4. The minimum atomic E-state index is 0.874. The second kappa shape index (κ2) is 7.80. The zero-order valence-corrected chi connectivity index (χ0v) is 11.3. The van der Waals surface area contributed by atoms with Crippen molar-refractivity contribution in [1.29, 1.82) is 0 Å². The number of nitrogens with zero attached hydrogens (tertiary/aromatic N) is 1. The first-order valence-corrected chi connectivity index (χ1v) is 6.47. The highest BCUT2D eigenvalue weighted by Crippen LogP contribution is 2.09. The van der Waals surface area contributed by atoms with E-state index in [-0.39, 0.29) is 0 Å². The van der Waals surface area contributed by atoms with Gasteiger partial charge >= 0.3 is 0 Å². The SMILES string of the molecule is C=C(C)CN(C)CCC[C@@H](C)CI. The van der Waals surface area contributed by atoms with Crippen molar-refractivity contribution in [1.82, 2.24) is 4.90 Å². The summed E-state index contributed by atoms with van der Waals surface area (Å²) < 4.78 is 1.28. The fraction of sp³-hybridized carbons (Fsp3) is 0.818. The van der Waals surface area contributed by atoms with Crippen LogP contribution in [0.3, 0.4) is 0 Å². The lowest BCUT2D eigenvalue weighted by Crippen LogP contribution is -2.21. The van der Waals surface area contributed by atoms with E-state index in [2.05, 4.69) is 55.0 Å². The molecule has 0 aromatic rings. The monoisotopic (exact) mass is 295 g/mol. The van der Waals surface area contributed by atoms with Crippen LogP contribution in [0, 0.1) is 5.92 Å². The van der Waals surface area contributed by atoms with Crippen molar-refractivity contribution in [3.05, 3.63) is 12.2 Å². The van der Waals surface area contributed by atoms with E-state index in [1.807, 2.05) is 0 Å². The van der Waals surface area contributed by atoms with Gasteiger partial charge < -0.3 is 4.90 Å². The van der Waals surface area contributed by atoms with Crippen LogP contribution in [0.5, 0.6) is 0 Å². The summed E-state index contributed by atoms with van der Waals surface area (Å²) in [4.78, 5) is 2.35. The minimum Gasteiger partial charge on any atom is -0.302 e. The Balaban J connectivity index is 3.36. The predicted octanol–water partition coefficient (Wildman–Crippen LogP) is 3.35. The Morgan fingerprint density at radius 1 is 1.54 bits per heavy atom. The maximum absolute atomic E-state index is 3.91. The molecule has 0 bridgehead atoms. The average Bonchev–Trinajstić information content (AvgIpc) is 2.02. The number of alkyl halides is 1. The van der Waals surface area contributed by atoms with E-state index in [0.29, 0.717) is 0 Å². The van der Waals surface area contributed by atoms with Gasteiger partial charge in [0.1, 0.15) is 0 Å². The molecule has 0 N–H and O–H groups in total. The summed E-state index contributed by atoms with van der Waals surface area (Å²) in [6, 6.07) is 0. The van der Waals surface area contributed by atoms with E-state index in [1.54, 1.807) is 0 Å². The normalized spacial score (nSPS) is 13.3. The first-order valence-electron chi connectivity index (χ1n) is 4.95. The van der Waals surface area contributed by atoms with E-state index in [4.69, 9.17) is 0 Å². The van der Waals surface area contributed by atoms with Crippen LogP contribution >= 0.6 is 22.6 Å². The third-order valence-corrected chi connectivity index (χ3v) is 3.54. The highest BCUT2D eigenvalue weighted by Gasteiger charge is 2.01. The number of halogens is 1. The van der Waals surface area contributed by atoms with Gasteiger partial charge in [0, 0.05) is 11.0 Å². The average molecular weight is 295 g/mol. The van der Waals surface area contributed by atoms with Crippen LogP contribution in [0.4, 0.5) is 0 Å². The lowest BCUT2D eigenvalue weighted by molar-refractivity contribution is 0.343. The molecule has 0 heterocycles. The zero-order chi connectivity index (χ0) is 10.3. The van der Waals surface area contributed by atoms with Crippen LogP contribution in [-0.2, 0) is 0 Å². The maximum atomic E-state index is 3.91. The molecule has 1 atom stereocenters. The summed E-state index contributed by atoms with van der Waals surface area (Å²) >= 11 is 2.46. The molecule has 0 aromatic heterocycles. The van der Waals surface area contributed by atoms with E-state index in [1.165, 1.54) is 29.4 Å².